The molecule has 0 aliphatic rings. The average molecular weight is 458 g/mol. The molecule has 2 aromatic carbocycles. The highest BCUT2D eigenvalue weighted by atomic mass is 16.4. The predicted octanol–water partition coefficient (Wildman–Crippen LogP) is 3.75. The van der Waals surface area contributed by atoms with Crippen LogP contribution >= 0.6 is 0 Å². The summed E-state index contributed by atoms with van der Waals surface area (Å²) in [7, 11) is -1.35. The van der Waals surface area contributed by atoms with Crippen LogP contribution in [0.4, 0.5) is 5.82 Å². The fourth-order valence-corrected chi connectivity index (χ4v) is 3.61. The molecular formula is C26H31BN4O3. The standard InChI is InChI=1S/C19H22N4O.C7H9BO2/c1-13-8-5-6-9-14(13)16-17(21-15(24)12-19(2,3)4)22-23-11-7-10-20-18(16)23;1-6-4-2-3-5-7(6)8(9)10/h5-11H,12H2,1-4H3,(H,21,22,24);2-5,9-10H,1H3. The van der Waals surface area contributed by atoms with E-state index in [1.165, 1.54) is 0 Å². The van der Waals surface area contributed by atoms with Crippen molar-refractivity contribution < 1.29 is 14.8 Å². The molecule has 176 valence electrons. The SMILES string of the molecule is Cc1ccccc1-c1c(NC(=O)CC(C)(C)C)nn2cccnc12.Cc1ccccc1B(O)O. The maximum atomic E-state index is 12.4. The monoisotopic (exact) mass is 458 g/mol. The first-order chi connectivity index (χ1) is 16.1. The van der Waals surface area contributed by atoms with Gasteiger partial charge >= 0.3 is 7.12 Å². The Labute approximate surface area is 200 Å². The maximum Gasteiger partial charge on any atom is 0.488 e. The molecule has 0 radical (unpaired) electrons. The van der Waals surface area contributed by atoms with Gasteiger partial charge in [0.2, 0.25) is 5.91 Å². The fourth-order valence-electron chi connectivity index (χ4n) is 3.61. The molecule has 8 heteroatoms. The Balaban J connectivity index is 0.000000271. The van der Waals surface area contributed by atoms with Crippen LogP contribution in [0.5, 0.6) is 0 Å². The highest BCUT2D eigenvalue weighted by molar-refractivity contribution is 6.59. The Morgan fingerprint density at radius 1 is 1.00 bits per heavy atom. The predicted molar refractivity (Wildman–Crippen MR) is 137 cm³/mol. The first-order valence-corrected chi connectivity index (χ1v) is 11.2. The number of aryl methyl sites for hydroxylation is 2. The second-order valence-corrected chi connectivity index (χ2v) is 9.44. The van der Waals surface area contributed by atoms with Gasteiger partial charge in [0, 0.05) is 18.8 Å². The van der Waals surface area contributed by atoms with Crippen LogP contribution in [0.3, 0.4) is 0 Å². The van der Waals surface area contributed by atoms with E-state index in [9.17, 15) is 4.79 Å². The van der Waals surface area contributed by atoms with Crippen LogP contribution in [0.25, 0.3) is 16.8 Å². The minimum Gasteiger partial charge on any atom is -0.423 e. The Morgan fingerprint density at radius 3 is 2.24 bits per heavy atom. The van der Waals surface area contributed by atoms with Gasteiger partial charge in [-0.2, -0.15) is 0 Å². The van der Waals surface area contributed by atoms with E-state index in [1.807, 2.05) is 83.3 Å². The average Bonchev–Trinajstić information content (AvgIpc) is 3.11. The number of aromatic nitrogens is 3. The Morgan fingerprint density at radius 2 is 1.65 bits per heavy atom. The summed E-state index contributed by atoms with van der Waals surface area (Å²) in [5.41, 5.74) is 5.13. The summed E-state index contributed by atoms with van der Waals surface area (Å²) in [6.45, 7) is 10.0. The molecule has 4 aromatic rings. The first-order valence-electron chi connectivity index (χ1n) is 11.2. The first kappa shape index (κ1) is 25.1. The summed E-state index contributed by atoms with van der Waals surface area (Å²) >= 11 is 0. The maximum absolute atomic E-state index is 12.4. The second-order valence-electron chi connectivity index (χ2n) is 9.44. The van der Waals surface area contributed by atoms with Gasteiger partial charge in [-0.25, -0.2) is 9.50 Å². The van der Waals surface area contributed by atoms with Crippen molar-refractivity contribution in [2.45, 2.75) is 41.0 Å². The van der Waals surface area contributed by atoms with Crippen molar-refractivity contribution in [3.05, 3.63) is 78.1 Å². The molecule has 2 heterocycles. The number of amides is 1. The summed E-state index contributed by atoms with van der Waals surface area (Å²) < 4.78 is 1.70. The molecule has 4 rings (SSSR count). The zero-order chi connectivity index (χ0) is 24.9. The fraction of sp³-hybridized carbons (Fsp3) is 0.269. The van der Waals surface area contributed by atoms with Gasteiger partial charge in [0.1, 0.15) is 0 Å². The quantitative estimate of drug-likeness (QED) is 0.405. The van der Waals surface area contributed by atoms with E-state index < -0.39 is 7.12 Å². The summed E-state index contributed by atoms with van der Waals surface area (Å²) in [5.74, 6) is 0.512. The van der Waals surface area contributed by atoms with E-state index in [4.69, 9.17) is 10.0 Å². The number of nitrogens with zero attached hydrogens (tertiary/aromatic N) is 3. The highest BCUT2D eigenvalue weighted by Crippen LogP contribution is 2.33. The smallest absolute Gasteiger partial charge is 0.423 e. The molecule has 0 unspecified atom stereocenters. The molecule has 3 N–H and O–H groups in total. The van der Waals surface area contributed by atoms with Gasteiger partial charge in [-0.05, 0) is 41.9 Å². The van der Waals surface area contributed by atoms with Gasteiger partial charge in [0.25, 0.3) is 0 Å². The Kier molecular flexibility index (Phi) is 7.86. The number of nitrogens with one attached hydrogen (secondary N) is 1. The summed E-state index contributed by atoms with van der Waals surface area (Å²) in [6.07, 6.45) is 4.00. The van der Waals surface area contributed by atoms with E-state index in [1.54, 1.807) is 22.8 Å². The van der Waals surface area contributed by atoms with Gasteiger partial charge in [0.15, 0.2) is 11.5 Å². The third-order valence-corrected chi connectivity index (χ3v) is 5.23. The molecule has 2 aromatic heterocycles. The van der Waals surface area contributed by atoms with Crippen molar-refractivity contribution in [2.75, 3.05) is 5.32 Å². The molecular weight excluding hydrogens is 427 g/mol. The third kappa shape index (κ3) is 6.30. The highest BCUT2D eigenvalue weighted by Gasteiger charge is 2.21. The lowest BCUT2D eigenvalue weighted by atomic mass is 9.77. The van der Waals surface area contributed by atoms with Crippen LogP contribution in [0.15, 0.2) is 67.0 Å². The third-order valence-electron chi connectivity index (χ3n) is 5.23. The van der Waals surface area contributed by atoms with Gasteiger partial charge in [0.05, 0.1) is 5.56 Å². The minimum absolute atomic E-state index is 0.0410. The minimum atomic E-state index is -1.35. The van der Waals surface area contributed by atoms with Gasteiger partial charge in [-0.15, -0.1) is 5.10 Å². The van der Waals surface area contributed by atoms with E-state index in [-0.39, 0.29) is 11.3 Å². The number of carbonyl (C=O) groups excluding carboxylic acids is 1. The second kappa shape index (κ2) is 10.6. The number of benzene rings is 2. The normalized spacial score (nSPS) is 11.0. The van der Waals surface area contributed by atoms with Crippen LogP contribution in [-0.4, -0.2) is 37.7 Å². The van der Waals surface area contributed by atoms with Crippen LogP contribution in [0.1, 0.15) is 38.3 Å². The molecule has 0 bridgehead atoms. The van der Waals surface area contributed by atoms with Crippen molar-refractivity contribution in [3.63, 3.8) is 0 Å². The number of rotatable bonds is 4. The zero-order valence-electron chi connectivity index (χ0n) is 20.3. The molecule has 0 fully saturated rings. The molecule has 34 heavy (non-hydrogen) atoms. The van der Waals surface area contributed by atoms with Gasteiger partial charge in [-0.1, -0.05) is 74.9 Å². The number of anilines is 1. The van der Waals surface area contributed by atoms with Crippen LogP contribution in [-0.2, 0) is 4.79 Å². The summed E-state index contributed by atoms with van der Waals surface area (Å²) in [4.78, 5) is 16.8. The number of hydrogen-bond acceptors (Lipinski definition) is 5. The van der Waals surface area contributed by atoms with Crippen molar-refractivity contribution in [2.24, 2.45) is 5.41 Å². The molecule has 0 saturated heterocycles. The van der Waals surface area contributed by atoms with Gasteiger partial charge in [-0.3, -0.25) is 4.79 Å². The number of carbonyl (C=O) groups is 1. The number of hydrogen-bond donors (Lipinski definition) is 3. The van der Waals surface area contributed by atoms with Crippen LogP contribution in [0.2, 0.25) is 0 Å². The van der Waals surface area contributed by atoms with Crippen molar-refractivity contribution in [3.8, 4) is 11.1 Å². The summed E-state index contributed by atoms with van der Waals surface area (Å²) in [5, 5.41) is 25.0. The summed E-state index contributed by atoms with van der Waals surface area (Å²) in [6, 6.07) is 17.1. The van der Waals surface area contributed by atoms with E-state index in [2.05, 4.69) is 15.4 Å². The van der Waals surface area contributed by atoms with Crippen molar-refractivity contribution >= 4 is 30.0 Å². The lowest BCUT2D eigenvalue weighted by Gasteiger charge is -2.17. The molecule has 0 spiro atoms. The van der Waals surface area contributed by atoms with Crippen LogP contribution < -0.4 is 10.8 Å². The lowest BCUT2D eigenvalue weighted by Crippen LogP contribution is -2.31. The zero-order valence-corrected chi connectivity index (χ0v) is 20.3. The Bertz CT molecular complexity index is 1280. The molecule has 7 nitrogen and oxygen atoms in total. The van der Waals surface area contributed by atoms with Crippen LogP contribution in [0, 0.1) is 19.3 Å². The van der Waals surface area contributed by atoms with Crippen molar-refractivity contribution in [1.29, 1.82) is 0 Å². The molecule has 0 aliphatic carbocycles. The topological polar surface area (TPSA) is 99.8 Å². The molecule has 0 saturated carbocycles. The van der Waals surface area contributed by atoms with Gasteiger partial charge < -0.3 is 15.4 Å². The molecule has 0 aliphatic heterocycles. The number of fused-ring (bicyclic) bond motifs is 1. The van der Waals surface area contributed by atoms with E-state index >= 15 is 0 Å². The van der Waals surface area contributed by atoms with E-state index in [0.717, 1.165) is 27.9 Å². The largest absolute Gasteiger partial charge is 0.488 e. The molecule has 0 atom stereocenters. The van der Waals surface area contributed by atoms with Crippen molar-refractivity contribution in [1.82, 2.24) is 14.6 Å². The van der Waals surface area contributed by atoms with E-state index in [0.29, 0.717) is 17.7 Å². The molecule has 1 amide bonds. The lowest BCUT2D eigenvalue weighted by molar-refractivity contribution is -0.117. The Hall–Kier alpha value is -3.49.